The molecule has 0 unspecified atom stereocenters. The van der Waals surface area contributed by atoms with Gasteiger partial charge >= 0.3 is 0 Å². The topological polar surface area (TPSA) is 65.4 Å². The molecule has 0 saturated heterocycles. The number of halogens is 1. The number of fused-ring (bicyclic) bond motifs is 1. The van der Waals surface area contributed by atoms with Gasteiger partial charge in [0, 0.05) is 5.56 Å². The minimum absolute atomic E-state index is 0.276. The molecule has 0 fully saturated rings. The summed E-state index contributed by atoms with van der Waals surface area (Å²) >= 11 is 3.41. The molecule has 7 heteroatoms. The first-order valence-electron chi connectivity index (χ1n) is 7.37. The molecule has 0 aliphatic carbocycles. The number of hydrogen-bond acceptors (Lipinski definition) is 4. The van der Waals surface area contributed by atoms with Crippen LogP contribution in [0.5, 0.6) is 11.5 Å². The molecule has 2 aromatic carbocycles. The number of benzene rings is 2. The lowest BCUT2D eigenvalue weighted by Crippen LogP contribution is -2.22. The van der Waals surface area contributed by atoms with E-state index in [1.807, 2.05) is 31.2 Å². The van der Waals surface area contributed by atoms with Gasteiger partial charge in [0.15, 0.2) is 11.5 Å². The molecule has 3 rings (SSSR count). The van der Waals surface area contributed by atoms with Crippen LogP contribution in [0.3, 0.4) is 0 Å². The van der Waals surface area contributed by atoms with Gasteiger partial charge in [-0.1, -0.05) is 12.1 Å². The van der Waals surface area contributed by atoms with Gasteiger partial charge in [0.1, 0.15) is 6.33 Å². The number of para-hydroxylation sites is 2. The zero-order chi connectivity index (χ0) is 17.1. The predicted molar refractivity (Wildman–Crippen MR) is 95.3 cm³/mol. The fraction of sp³-hybridized carbons (Fsp3) is 0.176. The molecule has 0 spiro atoms. The highest BCUT2D eigenvalue weighted by Crippen LogP contribution is 2.36. The molecule has 0 aliphatic rings. The third-order valence-corrected chi connectivity index (χ3v) is 4.04. The van der Waals surface area contributed by atoms with E-state index in [0.29, 0.717) is 28.1 Å². The van der Waals surface area contributed by atoms with Gasteiger partial charge in [0.25, 0.3) is 5.91 Å². The second kappa shape index (κ2) is 6.92. The number of aromatic nitrogens is 2. The second-order valence-corrected chi connectivity index (χ2v) is 5.82. The van der Waals surface area contributed by atoms with E-state index in [9.17, 15) is 4.79 Å². The summed E-state index contributed by atoms with van der Waals surface area (Å²) < 4.78 is 13.1. The summed E-state index contributed by atoms with van der Waals surface area (Å²) in [5.41, 5.74) is 4.89. The summed E-state index contributed by atoms with van der Waals surface area (Å²) in [6.45, 7) is 2.34. The molecule has 1 amide bonds. The highest BCUT2D eigenvalue weighted by atomic mass is 79.9. The fourth-order valence-electron chi connectivity index (χ4n) is 2.38. The normalized spacial score (nSPS) is 10.6. The Kier molecular flexibility index (Phi) is 4.71. The van der Waals surface area contributed by atoms with Crippen molar-refractivity contribution in [1.82, 2.24) is 9.66 Å². The van der Waals surface area contributed by atoms with Gasteiger partial charge in [-0.25, -0.2) is 9.66 Å². The molecule has 0 atom stereocenters. The van der Waals surface area contributed by atoms with Gasteiger partial charge in [0.2, 0.25) is 0 Å². The van der Waals surface area contributed by atoms with Crippen molar-refractivity contribution < 1.29 is 14.3 Å². The maximum Gasteiger partial charge on any atom is 0.270 e. The van der Waals surface area contributed by atoms with Gasteiger partial charge in [-0.3, -0.25) is 10.2 Å². The molecule has 124 valence electrons. The summed E-state index contributed by atoms with van der Waals surface area (Å²) in [7, 11) is 1.56. The summed E-state index contributed by atoms with van der Waals surface area (Å²) in [4.78, 5) is 16.8. The van der Waals surface area contributed by atoms with Crippen molar-refractivity contribution >= 4 is 32.9 Å². The maximum absolute atomic E-state index is 12.6. The van der Waals surface area contributed by atoms with Gasteiger partial charge < -0.3 is 9.47 Å². The zero-order valence-electron chi connectivity index (χ0n) is 13.2. The molecular weight excluding hydrogens is 374 g/mol. The lowest BCUT2D eigenvalue weighted by atomic mass is 10.2. The van der Waals surface area contributed by atoms with E-state index in [2.05, 4.69) is 26.3 Å². The monoisotopic (exact) mass is 389 g/mol. The standard InChI is InChI=1S/C17H16BrN3O3/c1-3-24-15-9-11(8-12(18)16(15)23-2)17(22)20-21-10-19-13-6-4-5-7-14(13)21/h4-10H,3H2,1-2H3,(H,20,22). The van der Waals surface area contributed by atoms with Crippen molar-refractivity contribution in [1.29, 1.82) is 0 Å². The van der Waals surface area contributed by atoms with Crippen LogP contribution in [0.4, 0.5) is 0 Å². The number of nitrogens with zero attached hydrogens (tertiary/aromatic N) is 2. The molecule has 0 aliphatic heterocycles. The minimum Gasteiger partial charge on any atom is -0.492 e. The van der Waals surface area contributed by atoms with Gasteiger partial charge in [-0.2, -0.15) is 0 Å². The average Bonchev–Trinajstić information content (AvgIpc) is 2.98. The Bertz CT molecular complexity index is 892. The van der Waals surface area contributed by atoms with Crippen LogP contribution in [0, 0.1) is 0 Å². The Morgan fingerprint density at radius 3 is 2.88 bits per heavy atom. The Balaban J connectivity index is 1.92. The van der Waals surface area contributed by atoms with E-state index in [0.717, 1.165) is 11.0 Å². The number of carbonyl (C=O) groups excluding carboxylic acids is 1. The van der Waals surface area contributed by atoms with Gasteiger partial charge in [0.05, 0.1) is 29.2 Å². The third-order valence-electron chi connectivity index (χ3n) is 3.45. The van der Waals surface area contributed by atoms with Crippen molar-refractivity contribution in [2.75, 3.05) is 19.1 Å². The van der Waals surface area contributed by atoms with E-state index in [1.165, 1.54) is 0 Å². The SMILES string of the molecule is CCOc1cc(C(=O)Nn2cnc3ccccc32)cc(Br)c1OC. The van der Waals surface area contributed by atoms with E-state index < -0.39 is 0 Å². The van der Waals surface area contributed by atoms with Crippen LogP contribution in [0.15, 0.2) is 47.2 Å². The highest BCUT2D eigenvalue weighted by molar-refractivity contribution is 9.10. The molecule has 24 heavy (non-hydrogen) atoms. The first kappa shape index (κ1) is 16.3. The Morgan fingerprint density at radius 1 is 1.33 bits per heavy atom. The summed E-state index contributed by atoms with van der Waals surface area (Å²) in [6.07, 6.45) is 1.57. The fourth-order valence-corrected chi connectivity index (χ4v) is 2.99. The number of imidazole rings is 1. The van der Waals surface area contributed by atoms with Crippen molar-refractivity contribution in [3.8, 4) is 11.5 Å². The first-order valence-corrected chi connectivity index (χ1v) is 8.17. The molecule has 0 bridgehead atoms. The van der Waals surface area contributed by atoms with E-state index >= 15 is 0 Å². The Labute approximate surface area is 147 Å². The second-order valence-electron chi connectivity index (χ2n) is 4.97. The molecule has 1 N–H and O–H groups in total. The largest absolute Gasteiger partial charge is 0.492 e. The van der Waals surface area contributed by atoms with E-state index in [4.69, 9.17) is 9.47 Å². The molecule has 0 radical (unpaired) electrons. The number of nitrogens with one attached hydrogen (secondary N) is 1. The van der Waals surface area contributed by atoms with Gasteiger partial charge in [-0.05, 0) is 47.1 Å². The van der Waals surface area contributed by atoms with Crippen LogP contribution >= 0.6 is 15.9 Å². The quantitative estimate of drug-likeness (QED) is 0.723. The number of ether oxygens (including phenoxy) is 2. The predicted octanol–water partition coefficient (Wildman–Crippen LogP) is 3.59. The summed E-state index contributed by atoms with van der Waals surface area (Å²) in [6, 6.07) is 10.9. The van der Waals surface area contributed by atoms with Crippen molar-refractivity contribution in [3.63, 3.8) is 0 Å². The molecule has 6 nitrogen and oxygen atoms in total. The number of amides is 1. The number of carbonyl (C=O) groups is 1. The molecular formula is C17H16BrN3O3. The minimum atomic E-state index is -0.276. The van der Waals surface area contributed by atoms with Crippen LogP contribution in [0.25, 0.3) is 11.0 Å². The van der Waals surface area contributed by atoms with Crippen LogP contribution < -0.4 is 14.9 Å². The lowest BCUT2D eigenvalue weighted by Gasteiger charge is -2.13. The van der Waals surface area contributed by atoms with Crippen molar-refractivity contribution in [3.05, 3.63) is 52.8 Å². The van der Waals surface area contributed by atoms with Gasteiger partial charge in [-0.15, -0.1) is 0 Å². The highest BCUT2D eigenvalue weighted by Gasteiger charge is 2.16. The lowest BCUT2D eigenvalue weighted by molar-refractivity contribution is 0.101. The third kappa shape index (κ3) is 3.07. The van der Waals surface area contributed by atoms with Crippen LogP contribution in [-0.2, 0) is 0 Å². The number of rotatable bonds is 5. The van der Waals surface area contributed by atoms with Crippen LogP contribution in [-0.4, -0.2) is 29.3 Å². The molecule has 3 aromatic rings. The molecule has 1 heterocycles. The Morgan fingerprint density at radius 2 is 2.12 bits per heavy atom. The van der Waals surface area contributed by atoms with E-state index in [-0.39, 0.29) is 5.91 Å². The maximum atomic E-state index is 12.6. The number of methoxy groups -OCH3 is 1. The van der Waals surface area contributed by atoms with Crippen LogP contribution in [0.1, 0.15) is 17.3 Å². The van der Waals surface area contributed by atoms with E-state index in [1.54, 1.807) is 30.2 Å². The average molecular weight is 390 g/mol. The first-order chi connectivity index (χ1) is 11.6. The van der Waals surface area contributed by atoms with Crippen LogP contribution in [0.2, 0.25) is 0 Å². The molecule has 0 saturated carbocycles. The van der Waals surface area contributed by atoms with Crippen molar-refractivity contribution in [2.24, 2.45) is 0 Å². The van der Waals surface area contributed by atoms with Crippen molar-refractivity contribution in [2.45, 2.75) is 6.92 Å². The Hall–Kier alpha value is -2.54. The molecule has 1 aromatic heterocycles. The number of hydrogen-bond donors (Lipinski definition) is 1. The summed E-state index contributed by atoms with van der Waals surface area (Å²) in [5, 5.41) is 0. The zero-order valence-corrected chi connectivity index (χ0v) is 14.8. The summed E-state index contributed by atoms with van der Waals surface area (Å²) in [5.74, 6) is 0.791. The smallest absolute Gasteiger partial charge is 0.270 e.